The third kappa shape index (κ3) is 1.80. The van der Waals surface area contributed by atoms with Gasteiger partial charge >= 0.3 is 0 Å². The summed E-state index contributed by atoms with van der Waals surface area (Å²) < 4.78 is 0. The summed E-state index contributed by atoms with van der Waals surface area (Å²) in [6.45, 7) is 2.10. The van der Waals surface area contributed by atoms with Crippen LogP contribution in [0.5, 0.6) is 0 Å². The van der Waals surface area contributed by atoms with Crippen LogP contribution in [0, 0.1) is 6.92 Å². The molecule has 0 N–H and O–H groups in total. The molecular formula is C15H13NS. The summed E-state index contributed by atoms with van der Waals surface area (Å²) in [6, 6.07) is 10.7. The van der Waals surface area contributed by atoms with Gasteiger partial charge in [-0.25, -0.2) is 0 Å². The number of thiocarbonyl (C=S) groups is 1. The normalized spacial score (nSPS) is 14.6. The molecule has 0 saturated heterocycles. The molecule has 1 aliphatic rings. The average Bonchev–Trinajstić information content (AvgIpc) is 3.16. The number of aryl methyl sites for hydroxylation is 1. The Morgan fingerprint density at radius 3 is 2.59 bits per heavy atom. The van der Waals surface area contributed by atoms with Crippen LogP contribution in [0.15, 0.2) is 35.3 Å². The van der Waals surface area contributed by atoms with Gasteiger partial charge in [0.15, 0.2) is 0 Å². The van der Waals surface area contributed by atoms with Crippen molar-refractivity contribution in [3.05, 3.63) is 41.5 Å². The summed E-state index contributed by atoms with van der Waals surface area (Å²) >= 11 is 4.74. The minimum Gasteiger partial charge on any atom is -0.194 e. The van der Waals surface area contributed by atoms with Gasteiger partial charge in [-0.15, -0.1) is 0 Å². The number of hydrogen-bond donors (Lipinski definition) is 0. The number of nitrogens with zero attached hydrogens (tertiary/aromatic N) is 1. The molecule has 84 valence electrons. The van der Waals surface area contributed by atoms with Crippen molar-refractivity contribution in [2.45, 2.75) is 25.7 Å². The SMILES string of the molecule is Cc1cc(C2CC2)c2ccccc2c1N=C=S. The first-order valence-electron chi connectivity index (χ1n) is 5.91. The average molecular weight is 239 g/mol. The summed E-state index contributed by atoms with van der Waals surface area (Å²) in [7, 11) is 0. The summed E-state index contributed by atoms with van der Waals surface area (Å²) in [6.07, 6.45) is 2.64. The molecule has 0 radical (unpaired) electrons. The fourth-order valence-corrected chi connectivity index (χ4v) is 2.55. The highest BCUT2D eigenvalue weighted by Crippen LogP contribution is 2.45. The Kier molecular flexibility index (Phi) is 2.54. The van der Waals surface area contributed by atoms with Crippen molar-refractivity contribution in [1.82, 2.24) is 0 Å². The molecule has 0 spiro atoms. The summed E-state index contributed by atoms with van der Waals surface area (Å²) in [4.78, 5) is 4.22. The second-order valence-corrected chi connectivity index (χ2v) is 4.84. The van der Waals surface area contributed by atoms with Crippen LogP contribution in [0.4, 0.5) is 5.69 Å². The predicted octanol–water partition coefficient (Wildman–Crippen LogP) is 4.76. The van der Waals surface area contributed by atoms with Gasteiger partial charge in [-0.05, 0) is 54.4 Å². The first-order chi connectivity index (χ1) is 8.31. The first kappa shape index (κ1) is 10.6. The van der Waals surface area contributed by atoms with E-state index < -0.39 is 0 Å². The lowest BCUT2D eigenvalue weighted by atomic mass is 9.96. The molecule has 1 fully saturated rings. The fraction of sp³-hybridized carbons (Fsp3) is 0.267. The Bertz CT molecular complexity index is 635. The van der Waals surface area contributed by atoms with E-state index in [-0.39, 0.29) is 0 Å². The van der Waals surface area contributed by atoms with Gasteiger partial charge in [-0.2, -0.15) is 4.99 Å². The van der Waals surface area contributed by atoms with Crippen LogP contribution in [0.25, 0.3) is 10.8 Å². The van der Waals surface area contributed by atoms with Crippen molar-refractivity contribution < 1.29 is 0 Å². The molecule has 1 nitrogen and oxygen atoms in total. The van der Waals surface area contributed by atoms with E-state index in [1.807, 2.05) is 0 Å². The zero-order valence-electron chi connectivity index (χ0n) is 9.73. The van der Waals surface area contributed by atoms with Gasteiger partial charge in [0.2, 0.25) is 0 Å². The van der Waals surface area contributed by atoms with Crippen LogP contribution in [0.1, 0.15) is 29.9 Å². The lowest BCUT2D eigenvalue weighted by molar-refractivity contribution is 1.14. The highest BCUT2D eigenvalue weighted by Gasteiger charge is 2.26. The molecule has 1 aliphatic carbocycles. The van der Waals surface area contributed by atoms with E-state index in [0.717, 1.165) is 11.6 Å². The summed E-state index contributed by atoms with van der Waals surface area (Å²) in [5, 5.41) is 5.01. The van der Waals surface area contributed by atoms with Crippen molar-refractivity contribution in [3.63, 3.8) is 0 Å². The maximum Gasteiger partial charge on any atom is 0.0847 e. The quantitative estimate of drug-likeness (QED) is 0.543. The largest absolute Gasteiger partial charge is 0.194 e. The van der Waals surface area contributed by atoms with Gasteiger partial charge < -0.3 is 0 Å². The third-order valence-electron chi connectivity index (χ3n) is 3.41. The molecule has 3 rings (SSSR count). The van der Waals surface area contributed by atoms with Crippen LogP contribution in [0.2, 0.25) is 0 Å². The molecule has 2 aromatic carbocycles. The van der Waals surface area contributed by atoms with Crippen LogP contribution in [0.3, 0.4) is 0 Å². The molecule has 1 saturated carbocycles. The monoisotopic (exact) mass is 239 g/mol. The summed E-state index contributed by atoms with van der Waals surface area (Å²) in [5.74, 6) is 0.754. The van der Waals surface area contributed by atoms with Crippen LogP contribution in [-0.2, 0) is 0 Å². The third-order valence-corrected chi connectivity index (χ3v) is 3.50. The second-order valence-electron chi connectivity index (χ2n) is 4.65. The molecule has 17 heavy (non-hydrogen) atoms. The molecule has 2 aromatic rings. The zero-order chi connectivity index (χ0) is 11.8. The smallest absolute Gasteiger partial charge is 0.0847 e. The van der Waals surface area contributed by atoms with E-state index in [4.69, 9.17) is 12.2 Å². The van der Waals surface area contributed by atoms with Gasteiger partial charge in [0.05, 0.1) is 10.8 Å². The Balaban J connectivity index is 2.39. The molecule has 0 aliphatic heterocycles. The zero-order valence-corrected chi connectivity index (χ0v) is 10.6. The lowest BCUT2D eigenvalue weighted by Gasteiger charge is -2.10. The molecule has 0 heterocycles. The minimum atomic E-state index is 0.754. The standard InChI is InChI=1S/C15H13NS/c1-10-8-14(11-6-7-11)12-4-2-3-5-13(12)15(10)16-9-17/h2-5,8,11H,6-7H2,1H3. The number of hydrogen-bond acceptors (Lipinski definition) is 2. The van der Waals surface area contributed by atoms with Gasteiger partial charge in [0.25, 0.3) is 0 Å². The minimum absolute atomic E-state index is 0.754. The van der Waals surface area contributed by atoms with E-state index in [1.165, 1.54) is 34.7 Å². The van der Waals surface area contributed by atoms with E-state index >= 15 is 0 Å². The number of benzene rings is 2. The van der Waals surface area contributed by atoms with Crippen LogP contribution in [-0.4, -0.2) is 5.16 Å². The Morgan fingerprint density at radius 2 is 1.94 bits per heavy atom. The van der Waals surface area contributed by atoms with E-state index in [0.29, 0.717) is 0 Å². The number of rotatable bonds is 2. The van der Waals surface area contributed by atoms with Crippen LogP contribution < -0.4 is 0 Å². The number of aliphatic imine (C=N–C) groups is 1. The molecule has 0 bridgehead atoms. The molecule has 0 aromatic heterocycles. The van der Waals surface area contributed by atoms with E-state index in [9.17, 15) is 0 Å². The lowest BCUT2D eigenvalue weighted by Crippen LogP contribution is -1.87. The Morgan fingerprint density at radius 1 is 1.24 bits per heavy atom. The fourth-order valence-electron chi connectivity index (χ4n) is 2.46. The first-order valence-corrected chi connectivity index (χ1v) is 6.32. The second kappa shape index (κ2) is 4.06. The van der Waals surface area contributed by atoms with Crippen molar-refractivity contribution in [2.24, 2.45) is 4.99 Å². The van der Waals surface area contributed by atoms with Crippen molar-refractivity contribution in [3.8, 4) is 0 Å². The maximum absolute atomic E-state index is 4.74. The van der Waals surface area contributed by atoms with E-state index in [1.54, 1.807) is 0 Å². The topological polar surface area (TPSA) is 12.4 Å². The van der Waals surface area contributed by atoms with Gasteiger partial charge in [-0.1, -0.05) is 30.3 Å². The molecular weight excluding hydrogens is 226 g/mol. The van der Waals surface area contributed by atoms with Crippen molar-refractivity contribution >= 4 is 33.8 Å². The molecule has 0 amide bonds. The van der Waals surface area contributed by atoms with E-state index in [2.05, 4.69) is 47.4 Å². The predicted molar refractivity (Wildman–Crippen MR) is 75.3 cm³/mol. The van der Waals surface area contributed by atoms with Gasteiger partial charge in [0, 0.05) is 5.39 Å². The highest BCUT2D eigenvalue weighted by molar-refractivity contribution is 7.78. The van der Waals surface area contributed by atoms with Gasteiger partial charge in [-0.3, -0.25) is 0 Å². The maximum atomic E-state index is 4.74. The Labute approximate surface area is 106 Å². The van der Waals surface area contributed by atoms with Crippen molar-refractivity contribution in [1.29, 1.82) is 0 Å². The molecule has 2 heteroatoms. The van der Waals surface area contributed by atoms with Crippen LogP contribution >= 0.6 is 12.2 Å². The number of isothiocyanates is 1. The van der Waals surface area contributed by atoms with Crippen molar-refractivity contribution in [2.75, 3.05) is 0 Å². The highest BCUT2D eigenvalue weighted by atomic mass is 32.1. The van der Waals surface area contributed by atoms with Gasteiger partial charge in [0.1, 0.15) is 0 Å². The number of fused-ring (bicyclic) bond motifs is 1. The molecule has 0 atom stereocenters. The Hall–Kier alpha value is -1.50. The summed E-state index contributed by atoms with van der Waals surface area (Å²) in [5.41, 5.74) is 3.64. The molecule has 0 unspecified atom stereocenters.